The van der Waals surface area contributed by atoms with Crippen LogP contribution in [-0.2, 0) is 4.79 Å². The Labute approximate surface area is 62.8 Å². The molecule has 0 saturated heterocycles. The molecule has 0 aliphatic rings. The quantitative estimate of drug-likeness (QED) is 0.563. The summed E-state index contributed by atoms with van der Waals surface area (Å²) in [7, 11) is 0. The third-order valence-corrected chi connectivity index (χ3v) is 1.40. The number of unbranched alkanes of at least 4 members (excludes halogenated alkanes) is 4. The largest absolute Gasteiger partial charge is 0.369 e. The van der Waals surface area contributed by atoms with Crippen LogP contribution in [0.15, 0.2) is 0 Å². The van der Waals surface area contributed by atoms with Crippen LogP contribution in [0.1, 0.15) is 39.0 Å². The van der Waals surface area contributed by atoms with Crippen molar-refractivity contribution in [2.24, 2.45) is 5.73 Å². The van der Waals surface area contributed by atoms with Crippen molar-refractivity contribution in [2.45, 2.75) is 39.0 Å². The van der Waals surface area contributed by atoms with E-state index in [0.717, 1.165) is 12.8 Å². The lowest BCUT2D eigenvalue weighted by Gasteiger charge is -1.95. The Morgan fingerprint density at radius 2 is 2.10 bits per heavy atom. The normalized spacial score (nSPS) is 9.70. The smallest absolute Gasteiger partial charge is 0.221 e. The summed E-state index contributed by atoms with van der Waals surface area (Å²) in [5, 5.41) is 0. The van der Waals surface area contributed by atoms with E-state index in [1.165, 1.54) is 19.3 Å². The molecule has 10 heavy (non-hydrogen) atoms. The van der Waals surface area contributed by atoms with Gasteiger partial charge in [-0.1, -0.05) is 32.6 Å². The fraction of sp³-hybridized carbons (Fsp3) is 0.750. The molecular formula is C8H16NO. The molecule has 2 N–H and O–H groups in total. The third kappa shape index (κ3) is 7.47. The summed E-state index contributed by atoms with van der Waals surface area (Å²) in [5.41, 5.74) is 4.91. The molecule has 0 aromatic carbocycles. The summed E-state index contributed by atoms with van der Waals surface area (Å²) >= 11 is 0. The van der Waals surface area contributed by atoms with E-state index in [-0.39, 0.29) is 5.91 Å². The van der Waals surface area contributed by atoms with Gasteiger partial charge < -0.3 is 5.73 Å². The number of rotatable bonds is 6. The van der Waals surface area contributed by atoms with Gasteiger partial charge in [-0.05, 0) is 6.42 Å². The summed E-state index contributed by atoms with van der Waals surface area (Å²) in [4.78, 5) is 10.2. The Balaban J connectivity index is 2.84. The van der Waals surface area contributed by atoms with Gasteiger partial charge in [0.2, 0.25) is 5.91 Å². The summed E-state index contributed by atoms with van der Waals surface area (Å²) in [5.74, 6) is -0.295. The van der Waals surface area contributed by atoms with Gasteiger partial charge >= 0.3 is 0 Å². The summed E-state index contributed by atoms with van der Waals surface area (Å²) in [6.07, 6.45) is 7.19. The van der Waals surface area contributed by atoms with E-state index >= 15 is 0 Å². The summed E-state index contributed by atoms with van der Waals surface area (Å²) < 4.78 is 0. The van der Waals surface area contributed by atoms with Crippen LogP contribution in [0.2, 0.25) is 0 Å². The molecule has 0 saturated carbocycles. The van der Waals surface area contributed by atoms with E-state index in [1.54, 1.807) is 6.42 Å². The zero-order valence-corrected chi connectivity index (χ0v) is 6.60. The molecule has 2 nitrogen and oxygen atoms in total. The first-order valence-electron chi connectivity index (χ1n) is 3.90. The van der Waals surface area contributed by atoms with Crippen LogP contribution in [0.3, 0.4) is 0 Å². The Kier molecular flexibility index (Phi) is 6.24. The zero-order valence-electron chi connectivity index (χ0n) is 6.60. The molecule has 0 aliphatic carbocycles. The molecule has 59 valence electrons. The van der Waals surface area contributed by atoms with Gasteiger partial charge in [0.05, 0.1) is 0 Å². The highest BCUT2D eigenvalue weighted by Crippen LogP contribution is 2.03. The molecule has 1 radical (unpaired) electrons. The van der Waals surface area contributed by atoms with E-state index in [4.69, 9.17) is 5.73 Å². The van der Waals surface area contributed by atoms with Gasteiger partial charge in [-0.25, -0.2) is 0 Å². The van der Waals surface area contributed by atoms with Gasteiger partial charge in [0, 0.05) is 6.42 Å². The first-order chi connectivity index (χ1) is 4.77. The van der Waals surface area contributed by atoms with Gasteiger partial charge in [-0.2, -0.15) is 0 Å². The van der Waals surface area contributed by atoms with E-state index in [1.807, 2.05) is 0 Å². The molecule has 1 amide bonds. The van der Waals surface area contributed by atoms with E-state index in [0.29, 0.717) is 0 Å². The standard InChI is InChI=1S/C8H16NO/c1-2-3-4-5-6-7-8(9)10/h7H,2-6H2,1H3,(H2,9,10). The van der Waals surface area contributed by atoms with Crippen molar-refractivity contribution in [1.29, 1.82) is 0 Å². The van der Waals surface area contributed by atoms with Crippen molar-refractivity contribution >= 4 is 5.91 Å². The second-order valence-electron chi connectivity index (χ2n) is 2.46. The summed E-state index contributed by atoms with van der Waals surface area (Å²) in [6.45, 7) is 2.16. The molecule has 2 heteroatoms. The Bertz CT molecular complexity index is 91.3. The second-order valence-corrected chi connectivity index (χ2v) is 2.46. The number of hydrogen-bond acceptors (Lipinski definition) is 1. The first-order valence-corrected chi connectivity index (χ1v) is 3.90. The highest BCUT2D eigenvalue weighted by atomic mass is 16.1. The average Bonchev–Trinajstić information content (AvgIpc) is 1.87. The molecule has 0 heterocycles. The Morgan fingerprint density at radius 3 is 2.60 bits per heavy atom. The van der Waals surface area contributed by atoms with Gasteiger partial charge in [0.1, 0.15) is 0 Å². The van der Waals surface area contributed by atoms with E-state index in [2.05, 4.69) is 6.92 Å². The fourth-order valence-electron chi connectivity index (χ4n) is 0.815. The van der Waals surface area contributed by atoms with Crippen LogP contribution in [0.4, 0.5) is 0 Å². The Hall–Kier alpha value is -0.530. The maximum absolute atomic E-state index is 10.2. The molecule has 0 bridgehead atoms. The van der Waals surface area contributed by atoms with Crippen LogP contribution in [-0.4, -0.2) is 5.91 Å². The number of carbonyl (C=O) groups excluding carboxylic acids is 1. The van der Waals surface area contributed by atoms with Crippen LogP contribution >= 0.6 is 0 Å². The first kappa shape index (κ1) is 9.47. The van der Waals surface area contributed by atoms with Gasteiger partial charge in [0.15, 0.2) is 0 Å². The van der Waals surface area contributed by atoms with Crippen molar-refractivity contribution in [2.75, 3.05) is 0 Å². The molecule has 0 unspecified atom stereocenters. The molecule has 0 rings (SSSR count). The van der Waals surface area contributed by atoms with Gasteiger partial charge in [-0.15, -0.1) is 0 Å². The van der Waals surface area contributed by atoms with Gasteiger partial charge in [-0.3, -0.25) is 4.79 Å². The number of primary amides is 1. The molecule has 0 fully saturated rings. The topological polar surface area (TPSA) is 43.1 Å². The van der Waals surface area contributed by atoms with Crippen LogP contribution in [0.25, 0.3) is 0 Å². The van der Waals surface area contributed by atoms with Crippen LogP contribution < -0.4 is 5.73 Å². The highest BCUT2D eigenvalue weighted by Gasteiger charge is 1.93. The lowest BCUT2D eigenvalue weighted by Crippen LogP contribution is -2.10. The van der Waals surface area contributed by atoms with Crippen molar-refractivity contribution in [3.8, 4) is 0 Å². The molecule has 0 aromatic heterocycles. The monoisotopic (exact) mass is 142 g/mol. The lowest BCUT2D eigenvalue weighted by atomic mass is 10.1. The maximum Gasteiger partial charge on any atom is 0.221 e. The molecule has 0 aliphatic heterocycles. The number of carbonyl (C=O) groups is 1. The van der Waals surface area contributed by atoms with Crippen LogP contribution in [0, 0.1) is 6.42 Å². The third-order valence-electron chi connectivity index (χ3n) is 1.40. The summed E-state index contributed by atoms with van der Waals surface area (Å²) in [6, 6.07) is 0. The molecule has 0 atom stereocenters. The van der Waals surface area contributed by atoms with E-state index in [9.17, 15) is 4.79 Å². The number of hydrogen-bond donors (Lipinski definition) is 1. The Morgan fingerprint density at radius 1 is 1.40 bits per heavy atom. The second kappa shape index (κ2) is 6.59. The zero-order chi connectivity index (χ0) is 7.82. The average molecular weight is 142 g/mol. The van der Waals surface area contributed by atoms with Crippen molar-refractivity contribution in [3.63, 3.8) is 0 Å². The predicted molar refractivity (Wildman–Crippen MR) is 42.3 cm³/mol. The maximum atomic E-state index is 10.2. The van der Waals surface area contributed by atoms with Gasteiger partial charge in [0.25, 0.3) is 0 Å². The molecule has 0 spiro atoms. The minimum absolute atomic E-state index is 0.295. The van der Waals surface area contributed by atoms with Crippen molar-refractivity contribution in [1.82, 2.24) is 0 Å². The number of amides is 1. The van der Waals surface area contributed by atoms with E-state index < -0.39 is 0 Å². The fourth-order valence-corrected chi connectivity index (χ4v) is 0.815. The number of nitrogens with two attached hydrogens (primary N) is 1. The minimum Gasteiger partial charge on any atom is -0.369 e. The van der Waals surface area contributed by atoms with Crippen molar-refractivity contribution in [3.05, 3.63) is 6.42 Å². The van der Waals surface area contributed by atoms with Crippen LogP contribution in [0.5, 0.6) is 0 Å². The molecule has 0 aromatic rings. The molecular weight excluding hydrogens is 126 g/mol. The highest BCUT2D eigenvalue weighted by molar-refractivity contribution is 5.82. The minimum atomic E-state index is -0.295. The lowest BCUT2D eigenvalue weighted by molar-refractivity contribution is -0.115. The SMILES string of the molecule is CCCCCC[CH]C(N)=O. The predicted octanol–water partition coefficient (Wildman–Crippen LogP) is 1.65. The van der Waals surface area contributed by atoms with Crippen molar-refractivity contribution < 1.29 is 4.79 Å².